The topological polar surface area (TPSA) is 99.0 Å². The van der Waals surface area contributed by atoms with Crippen LogP contribution in [0.25, 0.3) is 10.9 Å². The Morgan fingerprint density at radius 1 is 1.20 bits per heavy atom. The normalized spacial score (nSPS) is 11.5. The van der Waals surface area contributed by atoms with E-state index in [9.17, 15) is 0 Å². The smallest absolute Gasteiger partial charge is 0.153 e. The van der Waals surface area contributed by atoms with Crippen LogP contribution in [0.3, 0.4) is 0 Å². The summed E-state index contributed by atoms with van der Waals surface area (Å²) in [7, 11) is 0. The molecule has 4 rings (SSSR count). The summed E-state index contributed by atoms with van der Waals surface area (Å²) in [6.45, 7) is 1.64. The zero-order chi connectivity index (χ0) is 21.1. The number of nitrogens with zero attached hydrogens (tertiary/aromatic N) is 3. The molecule has 2 aromatic carbocycles. The van der Waals surface area contributed by atoms with Crippen molar-refractivity contribution in [1.82, 2.24) is 15.0 Å². The average Bonchev–Trinajstić information content (AvgIpc) is 2.74. The van der Waals surface area contributed by atoms with E-state index in [1.165, 1.54) is 6.33 Å². The largest absolute Gasteiger partial charge is 0.457 e. The SMILES string of the molecule is Cc1c(Oc2cc[nH]/c(=N\C=N)c2)ccc(Nc2ncnc3ccc(Br)cc23)c1F. The first-order valence-electron chi connectivity index (χ1n) is 8.91. The zero-order valence-corrected chi connectivity index (χ0v) is 17.4. The van der Waals surface area contributed by atoms with Crippen LogP contribution in [-0.2, 0) is 0 Å². The van der Waals surface area contributed by atoms with Crippen molar-refractivity contribution in [2.45, 2.75) is 6.92 Å². The van der Waals surface area contributed by atoms with Gasteiger partial charge in [0.25, 0.3) is 0 Å². The molecule has 0 fully saturated rings. The van der Waals surface area contributed by atoms with Gasteiger partial charge in [-0.25, -0.2) is 19.4 Å². The second kappa shape index (κ2) is 8.42. The quantitative estimate of drug-likeness (QED) is 0.277. The van der Waals surface area contributed by atoms with Gasteiger partial charge in [-0.15, -0.1) is 0 Å². The molecule has 2 heterocycles. The first-order valence-corrected chi connectivity index (χ1v) is 9.70. The number of aromatic amines is 1. The van der Waals surface area contributed by atoms with Crippen LogP contribution >= 0.6 is 15.9 Å². The van der Waals surface area contributed by atoms with Crippen molar-refractivity contribution in [2.75, 3.05) is 5.32 Å². The fraction of sp³-hybridized carbons (Fsp3) is 0.0476. The molecule has 3 N–H and O–H groups in total. The average molecular weight is 467 g/mol. The van der Waals surface area contributed by atoms with E-state index >= 15 is 4.39 Å². The third-order valence-electron chi connectivity index (χ3n) is 4.38. The minimum Gasteiger partial charge on any atom is -0.457 e. The first kappa shape index (κ1) is 19.7. The Balaban J connectivity index is 1.66. The summed E-state index contributed by atoms with van der Waals surface area (Å²) >= 11 is 3.44. The van der Waals surface area contributed by atoms with E-state index in [0.717, 1.165) is 21.7 Å². The molecule has 0 radical (unpaired) electrons. The van der Waals surface area contributed by atoms with Crippen molar-refractivity contribution in [3.05, 3.63) is 76.3 Å². The Kier molecular flexibility index (Phi) is 5.53. The predicted octanol–water partition coefficient (Wildman–Crippen LogP) is 5.21. The molecule has 0 aliphatic heterocycles. The lowest BCUT2D eigenvalue weighted by Gasteiger charge is -2.14. The molecule has 0 spiro atoms. The van der Waals surface area contributed by atoms with Crippen LogP contribution in [0.5, 0.6) is 11.5 Å². The van der Waals surface area contributed by atoms with Gasteiger partial charge in [-0.3, -0.25) is 5.41 Å². The molecule has 7 nitrogen and oxygen atoms in total. The van der Waals surface area contributed by atoms with Crippen molar-refractivity contribution in [3.8, 4) is 11.5 Å². The Morgan fingerprint density at radius 2 is 2.07 bits per heavy atom. The van der Waals surface area contributed by atoms with Gasteiger partial charge in [-0.05, 0) is 43.3 Å². The number of fused-ring (bicyclic) bond motifs is 1. The summed E-state index contributed by atoms with van der Waals surface area (Å²) in [5.74, 6) is 0.912. The maximum Gasteiger partial charge on any atom is 0.153 e. The third-order valence-corrected chi connectivity index (χ3v) is 4.87. The monoisotopic (exact) mass is 466 g/mol. The number of hydrogen-bond donors (Lipinski definition) is 3. The van der Waals surface area contributed by atoms with Gasteiger partial charge in [-0.2, -0.15) is 0 Å². The van der Waals surface area contributed by atoms with Crippen LogP contribution < -0.4 is 15.5 Å². The minimum absolute atomic E-state index is 0.278. The summed E-state index contributed by atoms with van der Waals surface area (Å²) in [5, 5.41) is 10.9. The lowest BCUT2D eigenvalue weighted by atomic mass is 10.1. The summed E-state index contributed by atoms with van der Waals surface area (Å²) < 4.78 is 21.8. The fourth-order valence-electron chi connectivity index (χ4n) is 2.90. The number of nitrogens with one attached hydrogen (secondary N) is 3. The summed E-state index contributed by atoms with van der Waals surface area (Å²) in [6.07, 6.45) is 4.00. The van der Waals surface area contributed by atoms with Crippen LogP contribution in [0.2, 0.25) is 0 Å². The van der Waals surface area contributed by atoms with Crippen molar-refractivity contribution in [1.29, 1.82) is 5.41 Å². The van der Waals surface area contributed by atoms with Gasteiger partial charge in [0.05, 0.1) is 11.2 Å². The second-order valence-corrected chi connectivity index (χ2v) is 7.24. The lowest BCUT2D eigenvalue weighted by molar-refractivity contribution is 0.470. The van der Waals surface area contributed by atoms with Crippen molar-refractivity contribution in [3.63, 3.8) is 0 Å². The molecule has 0 saturated carbocycles. The molecule has 0 aliphatic carbocycles. The molecule has 9 heteroatoms. The van der Waals surface area contributed by atoms with Gasteiger partial charge in [0, 0.05) is 27.7 Å². The van der Waals surface area contributed by atoms with E-state index in [1.54, 1.807) is 37.4 Å². The van der Waals surface area contributed by atoms with Crippen molar-refractivity contribution < 1.29 is 9.13 Å². The maximum atomic E-state index is 15.1. The van der Waals surface area contributed by atoms with Crippen LogP contribution in [0.15, 0.2) is 64.5 Å². The molecule has 0 aliphatic rings. The van der Waals surface area contributed by atoms with E-state index < -0.39 is 5.82 Å². The molecule has 2 aromatic heterocycles. The molecular formula is C21H16BrFN6O. The molecule has 0 atom stereocenters. The van der Waals surface area contributed by atoms with E-state index in [1.807, 2.05) is 18.2 Å². The number of benzene rings is 2. The standard InChI is InChI=1S/C21H16BrFN6O/c1-12-18(30-14-6-7-25-19(9-14)26-10-24)5-4-17(20(12)23)29-21-15-8-13(22)2-3-16(15)27-11-28-21/h2-11H,1H3,(H2,24,25,26)(H,27,28,29). The predicted molar refractivity (Wildman–Crippen MR) is 117 cm³/mol. The number of hydrogen-bond acceptors (Lipinski definition) is 5. The number of H-pyrrole nitrogens is 1. The van der Waals surface area contributed by atoms with Gasteiger partial charge in [0.2, 0.25) is 0 Å². The highest BCUT2D eigenvalue weighted by molar-refractivity contribution is 9.10. The van der Waals surface area contributed by atoms with Crippen LogP contribution in [0.1, 0.15) is 5.56 Å². The minimum atomic E-state index is -0.443. The zero-order valence-electron chi connectivity index (χ0n) is 15.8. The third kappa shape index (κ3) is 4.06. The van der Waals surface area contributed by atoms with E-state index in [4.69, 9.17) is 10.1 Å². The number of anilines is 2. The molecule has 0 unspecified atom stereocenters. The Bertz CT molecular complexity index is 1320. The Hall–Kier alpha value is -3.59. The Labute approximate surface area is 179 Å². The molecule has 30 heavy (non-hydrogen) atoms. The van der Waals surface area contributed by atoms with Gasteiger partial charge < -0.3 is 15.0 Å². The first-order chi connectivity index (χ1) is 14.5. The van der Waals surface area contributed by atoms with Crippen LogP contribution in [0.4, 0.5) is 15.9 Å². The van der Waals surface area contributed by atoms with Crippen molar-refractivity contribution >= 4 is 44.7 Å². The van der Waals surface area contributed by atoms with Crippen molar-refractivity contribution in [2.24, 2.45) is 4.99 Å². The van der Waals surface area contributed by atoms with Gasteiger partial charge in [0.1, 0.15) is 35.5 Å². The van der Waals surface area contributed by atoms with Gasteiger partial charge >= 0.3 is 0 Å². The second-order valence-electron chi connectivity index (χ2n) is 6.33. The summed E-state index contributed by atoms with van der Waals surface area (Å²) in [4.78, 5) is 15.2. The number of rotatable bonds is 5. The molecule has 0 amide bonds. The lowest BCUT2D eigenvalue weighted by Crippen LogP contribution is -2.06. The van der Waals surface area contributed by atoms with E-state index in [0.29, 0.717) is 28.4 Å². The molecule has 0 bridgehead atoms. The van der Waals surface area contributed by atoms with Gasteiger partial charge in [-0.1, -0.05) is 15.9 Å². The number of ether oxygens (including phenoxy) is 1. The van der Waals surface area contributed by atoms with Crippen LogP contribution in [-0.4, -0.2) is 21.3 Å². The molecule has 0 saturated heterocycles. The summed E-state index contributed by atoms with van der Waals surface area (Å²) in [5.41, 5.74) is 1.83. The summed E-state index contributed by atoms with van der Waals surface area (Å²) in [6, 6.07) is 12.2. The van der Waals surface area contributed by atoms with Gasteiger partial charge in [0.15, 0.2) is 5.82 Å². The highest BCUT2D eigenvalue weighted by Crippen LogP contribution is 2.32. The molecular weight excluding hydrogens is 451 g/mol. The van der Waals surface area contributed by atoms with Crippen LogP contribution in [0, 0.1) is 18.2 Å². The maximum absolute atomic E-state index is 15.1. The number of pyridine rings is 1. The number of halogens is 2. The Morgan fingerprint density at radius 3 is 2.90 bits per heavy atom. The fourth-order valence-corrected chi connectivity index (χ4v) is 3.26. The molecule has 4 aromatic rings. The highest BCUT2D eigenvalue weighted by atomic mass is 79.9. The number of aromatic nitrogens is 3. The van der Waals surface area contributed by atoms with E-state index in [-0.39, 0.29) is 5.69 Å². The van der Waals surface area contributed by atoms with E-state index in [2.05, 4.69) is 41.2 Å². The highest BCUT2D eigenvalue weighted by Gasteiger charge is 2.14. The molecule has 150 valence electrons.